The largest absolute Gasteiger partial charge is 0.503 e. The minimum atomic E-state index is -0.657. The van der Waals surface area contributed by atoms with Crippen LogP contribution in [0.1, 0.15) is 6.92 Å². The third-order valence-electron chi connectivity index (χ3n) is 0.800. The Bertz CT molecular complexity index is 183. The summed E-state index contributed by atoms with van der Waals surface area (Å²) in [6.45, 7) is 1.25. The molecule has 0 aliphatic heterocycles. The standard InChI is InChI=1S/C6H9NO3/c1-4(8)3-5(9)6(10)7-2/h3,9H,1-2H3,(H,7,10). The summed E-state index contributed by atoms with van der Waals surface area (Å²) in [7, 11) is 1.37. The summed E-state index contributed by atoms with van der Waals surface area (Å²) in [6.07, 6.45) is 0.860. The zero-order valence-corrected chi connectivity index (χ0v) is 5.84. The van der Waals surface area contributed by atoms with Gasteiger partial charge in [-0.05, 0) is 6.92 Å². The fourth-order valence-corrected chi connectivity index (χ4v) is 0.386. The predicted molar refractivity (Wildman–Crippen MR) is 35.5 cm³/mol. The molecule has 56 valence electrons. The molecule has 0 saturated carbocycles. The number of nitrogens with one attached hydrogen (secondary N) is 1. The molecule has 0 bridgehead atoms. The van der Waals surface area contributed by atoms with Crippen molar-refractivity contribution in [2.45, 2.75) is 6.92 Å². The van der Waals surface area contributed by atoms with Crippen molar-refractivity contribution in [1.82, 2.24) is 5.32 Å². The molecule has 0 aliphatic carbocycles. The normalized spacial score (nSPS) is 10.8. The maximum Gasteiger partial charge on any atom is 0.285 e. The van der Waals surface area contributed by atoms with Gasteiger partial charge in [0.25, 0.3) is 5.91 Å². The lowest BCUT2D eigenvalue weighted by atomic mass is 10.3. The molecule has 4 heteroatoms. The molecule has 0 fully saturated rings. The molecule has 0 aliphatic rings. The van der Waals surface area contributed by atoms with Crippen LogP contribution in [0.2, 0.25) is 0 Å². The third kappa shape index (κ3) is 2.86. The van der Waals surface area contributed by atoms with Crippen LogP contribution in [-0.4, -0.2) is 23.8 Å². The zero-order chi connectivity index (χ0) is 8.15. The van der Waals surface area contributed by atoms with E-state index in [9.17, 15) is 9.59 Å². The lowest BCUT2D eigenvalue weighted by molar-refractivity contribution is -0.120. The number of aliphatic hydroxyl groups is 1. The van der Waals surface area contributed by atoms with Gasteiger partial charge in [-0.25, -0.2) is 0 Å². The van der Waals surface area contributed by atoms with Crippen LogP contribution >= 0.6 is 0 Å². The minimum absolute atomic E-state index is 0.360. The molecule has 0 radical (unpaired) electrons. The van der Waals surface area contributed by atoms with E-state index in [4.69, 9.17) is 5.11 Å². The molecule has 0 atom stereocenters. The second-order valence-electron chi connectivity index (χ2n) is 1.72. The van der Waals surface area contributed by atoms with E-state index in [1.165, 1.54) is 14.0 Å². The van der Waals surface area contributed by atoms with Gasteiger partial charge in [-0.15, -0.1) is 0 Å². The highest BCUT2D eigenvalue weighted by atomic mass is 16.3. The summed E-state index contributed by atoms with van der Waals surface area (Å²) < 4.78 is 0. The van der Waals surface area contributed by atoms with Crippen LogP contribution in [-0.2, 0) is 9.59 Å². The van der Waals surface area contributed by atoms with E-state index in [1.54, 1.807) is 0 Å². The highest BCUT2D eigenvalue weighted by Gasteiger charge is 2.03. The summed E-state index contributed by atoms with van der Waals surface area (Å²) in [5.74, 6) is -1.58. The summed E-state index contributed by atoms with van der Waals surface area (Å²) in [4.78, 5) is 20.7. The van der Waals surface area contributed by atoms with Gasteiger partial charge in [-0.2, -0.15) is 0 Å². The van der Waals surface area contributed by atoms with Crippen LogP contribution in [0.3, 0.4) is 0 Å². The van der Waals surface area contributed by atoms with Crippen molar-refractivity contribution in [2.75, 3.05) is 7.05 Å². The van der Waals surface area contributed by atoms with Crippen LogP contribution < -0.4 is 5.32 Å². The summed E-state index contributed by atoms with van der Waals surface area (Å²) in [5, 5.41) is 10.9. The van der Waals surface area contributed by atoms with Crippen molar-refractivity contribution in [3.8, 4) is 0 Å². The number of carbonyl (C=O) groups is 2. The Hall–Kier alpha value is -1.32. The van der Waals surface area contributed by atoms with Crippen molar-refractivity contribution < 1.29 is 14.7 Å². The first-order chi connectivity index (χ1) is 4.57. The molecule has 0 rings (SSSR count). The van der Waals surface area contributed by atoms with Crippen molar-refractivity contribution in [3.05, 3.63) is 11.8 Å². The molecule has 10 heavy (non-hydrogen) atoms. The molecule has 4 nitrogen and oxygen atoms in total. The molecule has 0 aromatic rings. The second-order valence-corrected chi connectivity index (χ2v) is 1.72. The Morgan fingerprint density at radius 1 is 1.50 bits per heavy atom. The first-order valence-corrected chi connectivity index (χ1v) is 2.71. The molecule has 0 unspecified atom stereocenters. The molecular formula is C6H9NO3. The number of hydrogen-bond donors (Lipinski definition) is 2. The summed E-state index contributed by atoms with van der Waals surface area (Å²) in [5.41, 5.74) is 0. The number of amides is 1. The molecular weight excluding hydrogens is 134 g/mol. The van der Waals surface area contributed by atoms with E-state index in [0.717, 1.165) is 6.08 Å². The highest BCUT2D eigenvalue weighted by Crippen LogP contribution is 1.87. The average Bonchev–Trinajstić information content (AvgIpc) is 1.85. The van der Waals surface area contributed by atoms with Gasteiger partial charge in [0.05, 0.1) is 0 Å². The van der Waals surface area contributed by atoms with E-state index in [-0.39, 0.29) is 5.78 Å². The van der Waals surface area contributed by atoms with Crippen LogP contribution in [0.15, 0.2) is 11.8 Å². The molecule has 1 amide bonds. The van der Waals surface area contributed by atoms with Gasteiger partial charge in [0.15, 0.2) is 11.5 Å². The summed E-state index contributed by atoms with van der Waals surface area (Å²) >= 11 is 0. The van der Waals surface area contributed by atoms with Crippen molar-refractivity contribution in [2.24, 2.45) is 0 Å². The van der Waals surface area contributed by atoms with Gasteiger partial charge < -0.3 is 10.4 Å². The topological polar surface area (TPSA) is 66.4 Å². The van der Waals surface area contributed by atoms with E-state index in [0.29, 0.717) is 0 Å². The molecule has 0 aromatic heterocycles. The number of hydrogen-bond acceptors (Lipinski definition) is 3. The Balaban J connectivity index is 4.19. The molecule has 0 heterocycles. The van der Waals surface area contributed by atoms with E-state index in [2.05, 4.69) is 5.32 Å². The van der Waals surface area contributed by atoms with Gasteiger partial charge in [0, 0.05) is 13.1 Å². The van der Waals surface area contributed by atoms with Gasteiger partial charge in [-0.3, -0.25) is 9.59 Å². The average molecular weight is 143 g/mol. The summed E-state index contributed by atoms with van der Waals surface area (Å²) in [6, 6.07) is 0. The first kappa shape index (κ1) is 8.68. The molecule has 2 N–H and O–H groups in total. The Labute approximate surface area is 58.5 Å². The zero-order valence-electron chi connectivity index (χ0n) is 5.84. The Morgan fingerprint density at radius 3 is 2.30 bits per heavy atom. The van der Waals surface area contributed by atoms with Gasteiger partial charge in [0.2, 0.25) is 0 Å². The van der Waals surface area contributed by atoms with Crippen molar-refractivity contribution in [1.29, 1.82) is 0 Å². The predicted octanol–water partition coefficient (Wildman–Crippen LogP) is -0.237. The number of carbonyl (C=O) groups excluding carboxylic acids is 2. The molecule has 0 spiro atoms. The van der Waals surface area contributed by atoms with Crippen LogP contribution in [0.5, 0.6) is 0 Å². The van der Waals surface area contributed by atoms with Crippen LogP contribution in [0, 0.1) is 0 Å². The number of allylic oxidation sites excluding steroid dienone is 1. The lowest BCUT2D eigenvalue weighted by Gasteiger charge is -1.94. The second kappa shape index (κ2) is 3.66. The molecule has 0 saturated heterocycles. The highest BCUT2D eigenvalue weighted by molar-refractivity contribution is 5.98. The maximum absolute atomic E-state index is 10.5. The Morgan fingerprint density at radius 2 is 2.00 bits per heavy atom. The van der Waals surface area contributed by atoms with E-state index < -0.39 is 11.7 Å². The number of ketones is 1. The van der Waals surface area contributed by atoms with Crippen LogP contribution in [0.4, 0.5) is 0 Å². The quantitative estimate of drug-likeness (QED) is 0.414. The minimum Gasteiger partial charge on any atom is -0.503 e. The fraction of sp³-hybridized carbons (Fsp3) is 0.333. The van der Waals surface area contributed by atoms with Crippen LogP contribution in [0.25, 0.3) is 0 Å². The SMILES string of the molecule is CNC(=O)C(O)=CC(C)=O. The van der Waals surface area contributed by atoms with Crippen molar-refractivity contribution >= 4 is 11.7 Å². The van der Waals surface area contributed by atoms with Gasteiger partial charge in [-0.1, -0.05) is 0 Å². The van der Waals surface area contributed by atoms with E-state index >= 15 is 0 Å². The lowest BCUT2D eigenvalue weighted by Crippen LogP contribution is -2.20. The maximum atomic E-state index is 10.5. The monoisotopic (exact) mass is 143 g/mol. The number of aliphatic hydroxyl groups excluding tert-OH is 1. The van der Waals surface area contributed by atoms with E-state index in [1.807, 2.05) is 0 Å². The number of likely N-dealkylation sites (N-methyl/N-ethyl adjacent to an activating group) is 1. The Kier molecular flexibility index (Phi) is 3.17. The smallest absolute Gasteiger partial charge is 0.285 e. The van der Waals surface area contributed by atoms with Gasteiger partial charge >= 0.3 is 0 Å². The molecule has 0 aromatic carbocycles. The van der Waals surface area contributed by atoms with Crippen molar-refractivity contribution in [3.63, 3.8) is 0 Å². The fourth-order valence-electron chi connectivity index (χ4n) is 0.386. The number of rotatable bonds is 2. The first-order valence-electron chi connectivity index (χ1n) is 2.71. The third-order valence-corrected chi connectivity index (χ3v) is 0.800. The van der Waals surface area contributed by atoms with Gasteiger partial charge in [0.1, 0.15) is 0 Å².